The van der Waals surface area contributed by atoms with Gasteiger partial charge in [0, 0.05) is 19.6 Å². The van der Waals surface area contributed by atoms with Crippen LogP contribution in [-0.4, -0.2) is 35.6 Å². The molecule has 10 heteroatoms. The van der Waals surface area contributed by atoms with Crippen LogP contribution in [0.1, 0.15) is 43.3 Å². The van der Waals surface area contributed by atoms with Crippen molar-refractivity contribution in [3.8, 4) is 0 Å². The second kappa shape index (κ2) is 11.9. The Morgan fingerprint density at radius 2 is 1.87 bits per heavy atom. The van der Waals surface area contributed by atoms with E-state index in [9.17, 15) is 13.2 Å². The van der Waals surface area contributed by atoms with Gasteiger partial charge in [-0.25, -0.2) is 9.98 Å². The van der Waals surface area contributed by atoms with E-state index in [1.54, 1.807) is 0 Å². The molecule has 0 bridgehead atoms. The number of alkyl halides is 3. The van der Waals surface area contributed by atoms with Gasteiger partial charge in [0.05, 0.1) is 36.4 Å². The van der Waals surface area contributed by atoms with Crippen molar-refractivity contribution in [3.05, 3.63) is 53.6 Å². The first kappa shape index (κ1) is 24.9. The van der Waals surface area contributed by atoms with Crippen LogP contribution in [0.4, 0.5) is 18.9 Å². The lowest BCUT2D eigenvalue weighted by molar-refractivity contribution is -0.141. The summed E-state index contributed by atoms with van der Waals surface area (Å²) in [5.41, 5.74) is 1.34. The third-order valence-electron chi connectivity index (χ3n) is 4.76. The van der Waals surface area contributed by atoms with Gasteiger partial charge in [-0.15, -0.1) is 17.0 Å². The number of guanidine groups is 1. The summed E-state index contributed by atoms with van der Waals surface area (Å²) in [5, 5.41) is 6.35. The zero-order valence-corrected chi connectivity index (χ0v) is 19.2. The van der Waals surface area contributed by atoms with Gasteiger partial charge < -0.3 is 15.5 Å². The van der Waals surface area contributed by atoms with Crippen molar-refractivity contribution < 1.29 is 13.2 Å². The molecule has 1 saturated heterocycles. The summed E-state index contributed by atoms with van der Waals surface area (Å²) in [4.78, 5) is 14.9. The molecule has 6 nitrogen and oxygen atoms in total. The lowest BCUT2D eigenvalue weighted by atomic mass is 10.3. The number of pyridine rings is 2. The number of hydrogen-bond donors (Lipinski definition) is 2. The zero-order chi connectivity index (χ0) is 21.4. The molecule has 31 heavy (non-hydrogen) atoms. The van der Waals surface area contributed by atoms with Crippen molar-refractivity contribution in [2.75, 3.05) is 24.5 Å². The fraction of sp³-hybridized carbons (Fsp3) is 0.476. The molecule has 2 N–H and O–H groups in total. The van der Waals surface area contributed by atoms with Crippen LogP contribution in [0.25, 0.3) is 0 Å². The molecular weight excluding hydrogens is 473 g/mol. The van der Waals surface area contributed by atoms with Crippen molar-refractivity contribution in [2.45, 2.75) is 45.5 Å². The first-order chi connectivity index (χ1) is 14.5. The lowest BCUT2D eigenvalue weighted by Gasteiger charge is -2.17. The van der Waals surface area contributed by atoms with E-state index in [0.29, 0.717) is 19.0 Å². The molecule has 2 aromatic rings. The van der Waals surface area contributed by atoms with Gasteiger partial charge >= 0.3 is 6.18 Å². The molecule has 2 aromatic heterocycles. The molecule has 0 unspecified atom stereocenters. The molecular formula is C21H28BrF3N6. The molecule has 1 aliphatic rings. The highest BCUT2D eigenvalue weighted by Crippen LogP contribution is 2.27. The highest BCUT2D eigenvalue weighted by Gasteiger charge is 2.32. The Bertz CT molecular complexity index is 836. The fourth-order valence-corrected chi connectivity index (χ4v) is 3.16. The molecule has 0 aliphatic carbocycles. The second-order valence-corrected chi connectivity index (χ2v) is 7.16. The number of nitrogens with one attached hydrogen (secondary N) is 2. The maximum atomic E-state index is 12.8. The SMILES string of the molecule is Br.CCCNC(=NCc1cccc(C(F)(F)F)n1)NCc1ccc(N2CCCC2)cn1. The van der Waals surface area contributed by atoms with Crippen molar-refractivity contribution in [1.82, 2.24) is 20.6 Å². The van der Waals surface area contributed by atoms with Crippen LogP contribution in [-0.2, 0) is 19.3 Å². The Hall–Kier alpha value is -2.36. The van der Waals surface area contributed by atoms with Gasteiger partial charge in [0.2, 0.25) is 0 Å². The van der Waals surface area contributed by atoms with Gasteiger partial charge in [0.1, 0.15) is 5.69 Å². The highest BCUT2D eigenvalue weighted by atomic mass is 79.9. The monoisotopic (exact) mass is 500 g/mol. The smallest absolute Gasteiger partial charge is 0.370 e. The van der Waals surface area contributed by atoms with Crippen LogP contribution in [0.15, 0.2) is 41.5 Å². The predicted octanol–water partition coefficient (Wildman–Crippen LogP) is 4.32. The minimum atomic E-state index is -4.46. The topological polar surface area (TPSA) is 65.4 Å². The van der Waals surface area contributed by atoms with Crippen LogP contribution >= 0.6 is 17.0 Å². The van der Waals surface area contributed by atoms with Crippen molar-refractivity contribution in [2.24, 2.45) is 4.99 Å². The van der Waals surface area contributed by atoms with Crippen molar-refractivity contribution in [1.29, 1.82) is 0 Å². The van der Waals surface area contributed by atoms with Crippen LogP contribution in [0.3, 0.4) is 0 Å². The summed E-state index contributed by atoms with van der Waals surface area (Å²) in [6.45, 7) is 5.37. The van der Waals surface area contributed by atoms with Gasteiger partial charge in [-0.1, -0.05) is 13.0 Å². The average Bonchev–Trinajstić information content (AvgIpc) is 3.28. The highest BCUT2D eigenvalue weighted by molar-refractivity contribution is 8.93. The number of halogens is 4. The number of aromatic nitrogens is 2. The maximum Gasteiger partial charge on any atom is 0.433 e. The van der Waals surface area contributed by atoms with Crippen LogP contribution in [0.2, 0.25) is 0 Å². The Morgan fingerprint density at radius 1 is 1.10 bits per heavy atom. The molecule has 0 amide bonds. The normalized spacial score (nSPS) is 14.3. The number of nitrogens with zero attached hydrogens (tertiary/aromatic N) is 4. The predicted molar refractivity (Wildman–Crippen MR) is 122 cm³/mol. The van der Waals surface area contributed by atoms with E-state index in [0.717, 1.165) is 37.0 Å². The number of hydrogen-bond acceptors (Lipinski definition) is 4. The summed E-state index contributed by atoms with van der Waals surface area (Å²) >= 11 is 0. The van der Waals surface area contributed by atoms with E-state index in [2.05, 4.69) is 36.6 Å². The average molecular weight is 501 g/mol. The van der Waals surface area contributed by atoms with E-state index in [1.165, 1.54) is 25.0 Å². The summed E-state index contributed by atoms with van der Waals surface area (Å²) in [6.07, 6.45) is 0.741. The second-order valence-electron chi connectivity index (χ2n) is 7.16. The van der Waals surface area contributed by atoms with Crippen LogP contribution < -0.4 is 15.5 Å². The van der Waals surface area contributed by atoms with E-state index in [1.807, 2.05) is 19.2 Å². The molecule has 0 aromatic carbocycles. The largest absolute Gasteiger partial charge is 0.433 e. The third-order valence-corrected chi connectivity index (χ3v) is 4.76. The van der Waals surface area contributed by atoms with Crippen molar-refractivity contribution in [3.63, 3.8) is 0 Å². The zero-order valence-electron chi connectivity index (χ0n) is 17.5. The van der Waals surface area contributed by atoms with Gasteiger partial charge in [0.15, 0.2) is 5.96 Å². The van der Waals surface area contributed by atoms with E-state index in [-0.39, 0.29) is 29.2 Å². The Balaban J connectivity index is 0.00000341. The van der Waals surface area contributed by atoms with Crippen LogP contribution in [0.5, 0.6) is 0 Å². The Labute approximate surface area is 191 Å². The number of anilines is 1. The van der Waals surface area contributed by atoms with Gasteiger partial charge in [0.25, 0.3) is 0 Å². The molecule has 1 aliphatic heterocycles. The van der Waals surface area contributed by atoms with E-state index < -0.39 is 11.9 Å². The number of aliphatic imine (C=N–C) groups is 1. The molecule has 0 atom stereocenters. The molecule has 0 saturated carbocycles. The Morgan fingerprint density at radius 3 is 2.52 bits per heavy atom. The van der Waals surface area contributed by atoms with Gasteiger partial charge in [-0.05, 0) is 43.5 Å². The quantitative estimate of drug-likeness (QED) is 0.437. The molecule has 3 rings (SSSR count). The molecule has 3 heterocycles. The minimum Gasteiger partial charge on any atom is -0.370 e. The summed E-state index contributed by atoms with van der Waals surface area (Å²) in [6, 6.07) is 7.89. The first-order valence-corrected chi connectivity index (χ1v) is 10.2. The maximum absolute atomic E-state index is 12.8. The first-order valence-electron chi connectivity index (χ1n) is 10.2. The molecule has 1 fully saturated rings. The standard InChI is InChI=1S/C21H27F3N6.BrH/c1-2-10-25-20(28-14-17-6-5-7-19(29-17)21(22,23)24)27-13-16-8-9-18(15-26-16)30-11-3-4-12-30;/h5-9,15H,2-4,10-14H2,1H3,(H2,25,27,28);1H. The molecule has 0 spiro atoms. The van der Waals surface area contributed by atoms with Gasteiger partial charge in [-0.2, -0.15) is 13.2 Å². The number of rotatable bonds is 7. The molecule has 0 radical (unpaired) electrons. The minimum absolute atomic E-state index is 0. The Kier molecular flexibility index (Phi) is 9.54. The van der Waals surface area contributed by atoms with Crippen LogP contribution in [0, 0.1) is 0 Å². The van der Waals surface area contributed by atoms with Crippen molar-refractivity contribution >= 4 is 28.6 Å². The van der Waals surface area contributed by atoms with Gasteiger partial charge in [-0.3, -0.25) is 4.98 Å². The third kappa shape index (κ3) is 7.68. The van der Waals surface area contributed by atoms with E-state index in [4.69, 9.17) is 0 Å². The summed E-state index contributed by atoms with van der Waals surface area (Å²) in [5.74, 6) is 0.515. The lowest BCUT2D eigenvalue weighted by Crippen LogP contribution is -2.37. The van der Waals surface area contributed by atoms with E-state index >= 15 is 0 Å². The fourth-order valence-electron chi connectivity index (χ4n) is 3.16. The summed E-state index contributed by atoms with van der Waals surface area (Å²) in [7, 11) is 0. The summed E-state index contributed by atoms with van der Waals surface area (Å²) < 4.78 is 38.5. The molecule has 170 valence electrons.